The minimum absolute atomic E-state index is 0.348. The van der Waals surface area contributed by atoms with Crippen LogP contribution >= 0.6 is 0 Å². The maximum absolute atomic E-state index is 13.0. The number of benzene rings is 3. The summed E-state index contributed by atoms with van der Waals surface area (Å²) in [6.45, 7) is 0.606. The van der Waals surface area contributed by atoms with Crippen LogP contribution in [0, 0.1) is 0 Å². The number of aromatic nitrogens is 1. The van der Waals surface area contributed by atoms with E-state index in [1.54, 1.807) is 25.4 Å². The van der Waals surface area contributed by atoms with Gasteiger partial charge in [-0.05, 0) is 48.0 Å². The van der Waals surface area contributed by atoms with Gasteiger partial charge in [0.15, 0.2) is 0 Å². The number of rotatable bonds is 6. The van der Waals surface area contributed by atoms with Crippen molar-refractivity contribution >= 4 is 28.0 Å². The molecule has 0 bridgehead atoms. The molecule has 0 aliphatic heterocycles. The molecule has 3 aromatic carbocycles. The Labute approximate surface area is 177 Å². The van der Waals surface area contributed by atoms with Gasteiger partial charge in [0.25, 0.3) is 0 Å². The molecule has 0 saturated heterocycles. The Hall–Kier alpha value is -3.74. The number of nitrogens with one attached hydrogen (secondary N) is 2. The van der Waals surface area contributed by atoms with E-state index in [0.717, 1.165) is 34.5 Å². The topological polar surface area (TPSA) is 46.2 Å². The maximum Gasteiger partial charge on any atom is 0.416 e. The Balaban J connectivity index is 1.59. The lowest BCUT2D eigenvalue weighted by Gasteiger charge is -2.14. The zero-order chi connectivity index (χ0) is 21.8. The first-order chi connectivity index (χ1) is 14.9. The van der Waals surface area contributed by atoms with E-state index in [1.165, 1.54) is 6.07 Å². The molecule has 31 heavy (non-hydrogen) atoms. The van der Waals surface area contributed by atoms with Gasteiger partial charge in [-0.2, -0.15) is 13.2 Å². The minimum atomic E-state index is -4.40. The van der Waals surface area contributed by atoms with Crippen LogP contribution < -0.4 is 15.4 Å². The highest BCUT2D eigenvalue weighted by Crippen LogP contribution is 2.33. The van der Waals surface area contributed by atoms with Crippen LogP contribution in [0.2, 0.25) is 0 Å². The molecular formula is C24H20F3N3O. The second kappa shape index (κ2) is 8.55. The molecule has 0 spiro atoms. The van der Waals surface area contributed by atoms with Gasteiger partial charge in [0.1, 0.15) is 5.75 Å². The van der Waals surface area contributed by atoms with E-state index in [2.05, 4.69) is 15.6 Å². The van der Waals surface area contributed by atoms with Crippen molar-refractivity contribution in [1.82, 2.24) is 4.98 Å². The van der Waals surface area contributed by atoms with Gasteiger partial charge in [-0.1, -0.05) is 30.3 Å². The largest absolute Gasteiger partial charge is 0.497 e. The third-order valence-electron chi connectivity index (χ3n) is 4.88. The van der Waals surface area contributed by atoms with Crippen molar-refractivity contribution in [3.05, 3.63) is 90.1 Å². The molecule has 0 amide bonds. The Morgan fingerprint density at radius 2 is 1.68 bits per heavy atom. The van der Waals surface area contributed by atoms with Gasteiger partial charge < -0.3 is 15.4 Å². The number of hydrogen-bond donors (Lipinski definition) is 2. The highest BCUT2D eigenvalue weighted by molar-refractivity contribution is 5.99. The van der Waals surface area contributed by atoms with Gasteiger partial charge in [-0.25, -0.2) is 0 Å². The number of halogens is 3. The van der Waals surface area contributed by atoms with Crippen LogP contribution in [-0.2, 0) is 12.7 Å². The highest BCUT2D eigenvalue weighted by atomic mass is 19.4. The fraction of sp³-hybridized carbons (Fsp3) is 0.125. The molecule has 4 nitrogen and oxygen atoms in total. The molecule has 0 aliphatic carbocycles. The first-order valence-electron chi connectivity index (χ1n) is 9.63. The second-order valence-corrected chi connectivity index (χ2v) is 6.97. The van der Waals surface area contributed by atoms with Crippen LogP contribution in [0.1, 0.15) is 11.1 Å². The number of hydrogen-bond acceptors (Lipinski definition) is 4. The number of fused-ring (bicyclic) bond motifs is 1. The molecule has 0 atom stereocenters. The van der Waals surface area contributed by atoms with Crippen molar-refractivity contribution in [3.63, 3.8) is 0 Å². The molecule has 0 unspecified atom stereocenters. The van der Waals surface area contributed by atoms with Crippen LogP contribution in [0.25, 0.3) is 10.9 Å². The molecule has 1 heterocycles. The molecule has 2 N–H and O–H groups in total. The molecule has 0 saturated carbocycles. The zero-order valence-electron chi connectivity index (χ0n) is 16.7. The van der Waals surface area contributed by atoms with E-state index in [1.807, 2.05) is 42.5 Å². The average molecular weight is 423 g/mol. The molecular weight excluding hydrogens is 403 g/mol. The van der Waals surface area contributed by atoms with Gasteiger partial charge in [-0.3, -0.25) is 4.98 Å². The summed E-state index contributed by atoms with van der Waals surface area (Å²) in [5.74, 6) is 0.795. The standard InChI is InChI=1S/C24H20F3N3O/c1-31-19-10-8-16(9-11-19)15-29-21-12-13-28-23-20(21)6-3-7-22(23)30-18-5-2-4-17(14-18)24(25,26)27/h2-14,30H,15H2,1H3,(H,28,29). The molecule has 0 aliphatic rings. The number of anilines is 3. The normalized spacial score (nSPS) is 11.4. The van der Waals surface area contributed by atoms with Crippen LogP contribution in [0.4, 0.5) is 30.2 Å². The summed E-state index contributed by atoms with van der Waals surface area (Å²) in [5.41, 5.74) is 2.91. The molecule has 7 heteroatoms. The highest BCUT2D eigenvalue weighted by Gasteiger charge is 2.30. The fourth-order valence-electron chi connectivity index (χ4n) is 3.30. The zero-order valence-corrected chi connectivity index (χ0v) is 16.7. The lowest BCUT2D eigenvalue weighted by molar-refractivity contribution is -0.137. The summed E-state index contributed by atoms with van der Waals surface area (Å²) in [7, 11) is 1.63. The summed E-state index contributed by atoms with van der Waals surface area (Å²) >= 11 is 0. The number of pyridine rings is 1. The lowest BCUT2D eigenvalue weighted by Crippen LogP contribution is -2.05. The van der Waals surface area contributed by atoms with Crippen LogP contribution in [0.15, 0.2) is 79.0 Å². The number of ether oxygens (including phenoxy) is 1. The molecule has 0 radical (unpaired) electrons. The summed E-state index contributed by atoms with van der Waals surface area (Å²) in [4.78, 5) is 4.45. The van der Waals surface area contributed by atoms with Crippen LogP contribution in [0.3, 0.4) is 0 Å². The van der Waals surface area contributed by atoms with Gasteiger partial charge in [0.2, 0.25) is 0 Å². The predicted octanol–water partition coefficient (Wildman–Crippen LogP) is 6.62. The van der Waals surface area contributed by atoms with Crippen molar-refractivity contribution < 1.29 is 17.9 Å². The van der Waals surface area contributed by atoms with Gasteiger partial charge >= 0.3 is 6.18 Å². The van der Waals surface area contributed by atoms with E-state index in [4.69, 9.17) is 4.74 Å². The minimum Gasteiger partial charge on any atom is -0.497 e. The first kappa shape index (κ1) is 20.5. The monoisotopic (exact) mass is 423 g/mol. The van der Waals surface area contributed by atoms with E-state index >= 15 is 0 Å². The number of para-hydroxylation sites is 1. The van der Waals surface area contributed by atoms with E-state index < -0.39 is 11.7 Å². The molecule has 1 aromatic heterocycles. The SMILES string of the molecule is COc1ccc(CNc2ccnc3c(Nc4cccc(C(F)(F)F)c4)cccc23)cc1. The molecule has 0 fully saturated rings. The van der Waals surface area contributed by atoms with E-state index in [-0.39, 0.29) is 0 Å². The predicted molar refractivity (Wildman–Crippen MR) is 117 cm³/mol. The third-order valence-corrected chi connectivity index (χ3v) is 4.88. The fourth-order valence-corrected chi connectivity index (χ4v) is 3.30. The van der Waals surface area contributed by atoms with Crippen molar-refractivity contribution in [2.24, 2.45) is 0 Å². The van der Waals surface area contributed by atoms with Crippen molar-refractivity contribution in [1.29, 1.82) is 0 Å². The van der Waals surface area contributed by atoms with E-state index in [9.17, 15) is 13.2 Å². The Kier molecular flexibility index (Phi) is 5.66. The lowest BCUT2D eigenvalue weighted by atomic mass is 10.1. The Morgan fingerprint density at radius 3 is 2.42 bits per heavy atom. The molecule has 158 valence electrons. The Morgan fingerprint density at radius 1 is 0.903 bits per heavy atom. The molecule has 4 rings (SSSR count). The quantitative estimate of drug-likeness (QED) is 0.366. The van der Waals surface area contributed by atoms with Gasteiger partial charge in [0, 0.05) is 29.5 Å². The molecule has 4 aromatic rings. The Bertz CT molecular complexity index is 1190. The number of alkyl halides is 3. The summed E-state index contributed by atoms with van der Waals surface area (Å²) in [5, 5.41) is 7.34. The van der Waals surface area contributed by atoms with Crippen molar-refractivity contribution in [2.45, 2.75) is 12.7 Å². The smallest absolute Gasteiger partial charge is 0.416 e. The number of methoxy groups -OCH3 is 1. The van der Waals surface area contributed by atoms with Crippen molar-refractivity contribution in [3.8, 4) is 5.75 Å². The second-order valence-electron chi connectivity index (χ2n) is 6.97. The summed E-state index contributed by atoms with van der Waals surface area (Å²) in [6, 6.07) is 20.3. The van der Waals surface area contributed by atoms with Gasteiger partial charge in [-0.15, -0.1) is 0 Å². The maximum atomic E-state index is 13.0. The third kappa shape index (κ3) is 4.71. The van der Waals surface area contributed by atoms with Crippen molar-refractivity contribution in [2.75, 3.05) is 17.7 Å². The summed E-state index contributed by atoms with van der Waals surface area (Å²) < 4.78 is 44.3. The van der Waals surface area contributed by atoms with Crippen LogP contribution in [-0.4, -0.2) is 12.1 Å². The average Bonchev–Trinajstić information content (AvgIpc) is 2.78. The first-order valence-corrected chi connectivity index (χ1v) is 9.63. The summed E-state index contributed by atoms with van der Waals surface area (Å²) in [6.07, 6.45) is -2.72. The van der Waals surface area contributed by atoms with Gasteiger partial charge in [0.05, 0.1) is 23.9 Å². The van der Waals surface area contributed by atoms with E-state index in [0.29, 0.717) is 23.4 Å². The number of nitrogens with zero attached hydrogens (tertiary/aromatic N) is 1. The van der Waals surface area contributed by atoms with Crippen LogP contribution in [0.5, 0.6) is 5.75 Å².